The Morgan fingerprint density at radius 3 is 2.89 bits per heavy atom. The molecule has 0 aliphatic carbocycles. The van der Waals surface area contributed by atoms with Gasteiger partial charge in [0.25, 0.3) is 0 Å². The van der Waals surface area contributed by atoms with Gasteiger partial charge in [-0.05, 0) is 43.2 Å². The van der Waals surface area contributed by atoms with Gasteiger partial charge in [0.15, 0.2) is 5.13 Å². The van der Waals surface area contributed by atoms with Crippen LogP contribution in [0.1, 0.15) is 18.2 Å². The Morgan fingerprint density at radius 2 is 2.14 bits per heavy atom. The van der Waals surface area contributed by atoms with E-state index in [4.69, 9.17) is 0 Å². The van der Waals surface area contributed by atoms with Crippen molar-refractivity contribution in [3.8, 4) is 11.3 Å². The molecule has 0 spiro atoms. The zero-order valence-corrected chi connectivity index (χ0v) is 17.4. The fourth-order valence-electron chi connectivity index (χ4n) is 3.60. The van der Waals surface area contributed by atoms with E-state index in [1.165, 1.54) is 10.6 Å². The van der Waals surface area contributed by atoms with Crippen LogP contribution in [-0.4, -0.2) is 37.2 Å². The minimum absolute atomic E-state index is 0.0560. The maximum Gasteiger partial charge on any atom is 0.232 e. The first-order valence-electron chi connectivity index (χ1n) is 9.14. The molecule has 0 saturated heterocycles. The Morgan fingerprint density at radius 1 is 1.29 bits per heavy atom. The van der Waals surface area contributed by atoms with E-state index in [0.717, 1.165) is 52.7 Å². The van der Waals surface area contributed by atoms with Gasteiger partial charge < -0.3 is 5.32 Å². The van der Waals surface area contributed by atoms with E-state index in [9.17, 15) is 8.42 Å². The lowest BCUT2D eigenvalue weighted by Gasteiger charge is -2.21. The molecule has 1 unspecified atom stereocenters. The summed E-state index contributed by atoms with van der Waals surface area (Å²) in [6, 6.07) is 11.8. The summed E-state index contributed by atoms with van der Waals surface area (Å²) in [4.78, 5) is 9.00. The second kappa shape index (κ2) is 7.52. The van der Waals surface area contributed by atoms with Crippen molar-refractivity contribution in [2.24, 2.45) is 0 Å². The van der Waals surface area contributed by atoms with E-state index < -0.39 is 10.0 Å². The molecule has 0 saturated carbocycles. The quantitative estimate of drug-likeness (QED) is 0.667. The second-order valence-electron chi connectivity index (χ2n) is 6.99. The molecule has 1 aromatic carbocycles. The summed E-state index contributed by atoms with van der Waals surface area (Å²) in [5.41, 5.74) is 4.79. The SMILES string of the molecule is CC1Cc2cc(-c3csc(NCCc4ccccn4)n3)ccc2N1S(C)(=O)=O. The van der Waals surface area contributed by atoms with Crippen molar-refractivity contribution >= 4 is 32.2 Å². The predicted octanol–water partition coefficient (Wildman–Crippen LogP) is 3.57. The number of anilines is 2. The lowest BCUT2D eigenvalue weighted by molar-refractivity contribution is 0.590. The smallest absolute Gasteiger partial charge is 0.232 e. The molecular weight excluding hydrogens is 392 g/mol. The van der Waals surface area contributed by atoms with Gasteiger partial charge in [0, 0.05) is 41.8 Å². The van der Waals surface area contributed by atoms with Crippen molar-refractivity contribution < 1.29 is 8.42 Å². The molecule has 4 rings (SSSR count). The summed E-state index contributed by atoms with van der Waals surface area (Å²) < 4.78 is 25.7. The first kappa shape index (κ1) is 18.9. The van der Waals surface area contributed by atoms with Gasteiger partial charge >= 0.3 is 0 Å². The lowest BCUT2D eigenvalue weighted by Crippen LogP contribution is -2.34. The van der Waals surface area contributed by atoms with Crippen LogP contribution >= 0.6 is 11.3 Å². The van der Waals surface area contributed by atoms with Crippen LogP contribution in [0.25, 0.3) is 11.3 Å². The van der Waals surface area contributed by atoms with Crippen molar-refractivity contribution in [1.29, 1.82) is 0 Å². The van der Waals surface area contributed by atoms with Gasteiger partial charge in [0.05, 0.1) is 17.6 Å². The molecule has 0 radical (unpaired) electrons. The number of rotatable bonds is 6. The number of hydrogen-bond donors (Lipinski definition) is 1. The first-order valence-corrected chi connectivity index (χ1v) is 11.9. The van der Waals surface area contributed by atoms with Gasteiger partial charge in [-0.3, -0.25) is 9.29 Å². The number of nitrogens with zero attached hydrogens (tertiary/aromatic N) is 3. The molecule has 1 N–H and O–H groups in total. The molecule has 6 nitrogen and oxygen atoms in total. The summed E-state index contributed by atoms with van der Waals surface area (Å²) in [7, 11) is -3.27. The summed E-state index contributed by atoms with van der Waals surface area (Å²) in [6.45, 7) is 2.71. The van der Waals surface area contributed by atoms with E-state index in [1.807, 2.05) is 42.6 Å². The predicted molar refractivity (Wildman–Crippen MR) is 114 cm³/mol. The van der Waals surface area contributed by atoms with Gasteiger partial charge in [0.1, 0.15) is 0 Å². The molecule has 0 fully saturated rings. The van der Waals surface area contributed by atoms with E-state index in [-0.39, 0.29) is 6.04 Å². The molecule has 0 amide bonds. The number of nitrogens with one attached hydrogen (secondary N) is 1. The van der Waals surface area contributed by atoms with Crippen LogP contribution in [0, 0.1) is 0 Å². The van der Waals surface area contributed by atoms with Gasteiger partial charge in [0.2, 0.25) is 10.0 Å². The number of fused-ring (bicyclic) bond motifs is 1. The van der Waals surface area contributed by atoms with E-state index >= 15 is 0 Å². The third kappa shape index (κ3) is 3.88. The molecule has 0 bridgehead atoms. The summed E-state index contributed by atoms with van der Waals surface area (Å²) in [5.74, 6) is 0. The van der Waals surface area contributed by atoms with Gasteiger partial charge in [-0.2, -0.15) is 0 Å². The highest BCUT2D eigenvalue weighted by Crippen LogP contribution is 2.37. The third-order valence-corrected chi connectivity index (χ3v) is 6.84. The highest BCUT2D eigenvalue weighted by atomic mass is 32.2. The number of benzene rings is 1. The fraction of sp³-hybridized carbons (Fsp3) is 0.300. The van der Waals surface area contributed by atoms with Crippen molar-refractivity contribution in [1.82, 2.24) is 9.97 Å². The van der Waals surface area contributed by atoms with Crippen LogP contribution in [0.4, 0.5) is 10.8 Å². The summed E-state index contributed by atoms with van der Waals surface area (Å²) in [5, 5.41) is 6.25. The lowest BCUT2D eigenvalue weighted by atomic mass is 10.1. The van der Waals surface area contributed by atoms with Crippen molar-refractivity contribution in [3.63, 3.8) is 0 Å². The fourth-order valence-corrected chi connectivity index (χ4v) is 5.61. The highest BCUT2D eigenvalue weighted by Gasteiger charge is 2.32. The van der Waals surface area contributed by atoms with E-state index in [0.29, 0.717) is 0 Å². The number of hydrogen-bond acceptors (Lipinski definition) is 6. The molecule has 1 aliphatic rings. The van der Waals surface area contributed by atoms with Crippen LogP contribution in [0.3, 0.4) is 0 Å². The number of thiazole rings is 1. The van der Waals surface area contributed by atoms with Crippen LogP contribution in [-0.2, 0) is 22.9 Å². The van der Waals surface area contributed by atoms with Crippen LogP contribution in [0.2, 0.25) is 0 Å². The topological polar surface area (TPSA) is 75.2 Å². The molecule has 3 heterocycles. The zero-order valence-electron chi connectivity index (χ0n) is 15.8. The highest BCUT2D eigenvalue weighted by molar-refractivity contribution is 7.92. The maximum atomic E-state index is 12.1. The monoisotopic (exact) mass is 414 g/mol. The zero-order chi connectivity index (χ0) is 19.7. The molecule has 28 heavy (non-hydrogen) atoms. The van der Waals surface area contributed by atoms with Crippen molar-refractivity contribution in [3.05, 3.63) is 59.2 Å². The molecule has 2 aromatic heterocycles. The van der Waals surface area contributed by atoms with Crippen molar-refractivity contribution in [2.45, 2.75) is 25.8 Å². The Balaban J connectivity index is 1.47. The van der Waals surface area contributed by atoms with Gasteiger partial charge in [-0.15, -0.1) is 11.3 Å². The summed E-state index contributed by atoms with van der Waals surface area (Å²) >= 11 is 1.57. The largest absolute Gasteiger partial charge is 0.361 e. The van der Waals surface area contributed by atoms with Gasteiger partial charge in [-0.25, -0.2) is 13.4 Å². The average Bonchev–Trinajstić information content (AvgIpc) is 3.25. The molecule has 8 heteroatoms. The van der Waals surface area contributed by atoms with Crippen molar-refractivity contribution in [2.75, 3.05) is 22.4 Å². The Kier molecular flexibility index (Phi) is 5.07. The number of aromatic nitrogens is 2. The van der Waals surface area contributed by atoms with Crippen LogP contribution in [0.5, 0.6) is 0 Å². The van der Waals surface area contributed by atoms with E-state index in [2.05, 4.69) is 21.4 Å². The molecular formula is C20H22N4O2S2. The normalized spacial score (nSPS) is 16.2. The number of sulfonamides is 1. The summed E-state index contributed by atoms with van der Waals surface area (Å²) in [6.07, 6.45) is 4.62. The van der Waals surface area contributed by atoms with Gasteiger partial charge in [-0.1, -0.05) is 12.1 Å². The molecule has 1 aliphatic heterocycles. The average molecular weight is 415 g/mol. The minimum Gasteiger partial charge on any atom is -0.361 e. The third-order valence-electron chi connectivity index (χ3n) is 4.77. The van der Waals surface area contributed by atoms with Crippen LogP contribution < -0.4 is 9.62 Å². The Labute approximate surface area is 169 Å². The molecule has 1 atom stereocenters. The van der Waals surface area contributed by atoms with E-state index in [1.54, 1.807) is 17.5 Å². The van der Waals surface area contributed by atoms with Crippen LogP contribution in [0.15, 0.2) is 48.0 Å². The molecule has 3 aromatic rings. The minimum atomic E-state index is -3.27. The Bertz CT molecular complexity index is 1080. The Hall–Kier alpha value is -2.45. The standard InChI is InChI=1S/C20H22N4O2S2/c1-14-11-16-12-15(6-7-19(16)24(14)28(2,25)26)18-13-27-20(23-18)22-10-8-17-5-3-4-9-21-17/h3-7,9,12-14H,8,10-11H2,1-2H3,(H,22,23). The number of pyridine rings is 1. The molecule has 146 valence electrons. The first-order chi connectivity index (χ1) is 13.4. The maximum absolute atomic E-state index is 12.1. The second-order valence-corrected chi connectivity index (χ2v) is 9.71.